The molecule has 1 saturated heterocycles. The van der Waals surface area contributed by atoms with Crippen LogP contribution in [0.1, 0.15) is 41.6 Å². The molecule has 0 saturated carbocycles. The Morgan fingerprint density at radius 3 is 2.52 bits per heavy atom. The number of anilines is 1. The summed E-state index contributed by atoms with van der Waals surface area (Å²) in [5.41, 5.74) is 2.83. The van der Waals surface area contributed by atoms with Crippen LogP contribution in [-0.2, 0) is 11.3 Å². The average molecular weight is 369 g/mol. The molecule has 0 spiro atoms. The largest absolute Gasteiger partial charge is 0.472 e. The fourth-order valence-electron chi connectivity index (χ4n) is 3.30. The molecule has 1 N–H and O–H groups in total. The molecular formula is C21H27N3O3. The van der Waals surface area contributed by atoms with Crippen molar-refractivity contribution in [1.82, 2.24) is 10.2 Å². The normalized spacial score (nSPS) is 14.0. The lowest BCUT2D eigenvalue weighted by Crippen LogP contribution is -2.31. The summed E-state index contributed by atoms with van der Waals surface area (Å²) in [6.07, 6.45) is 6.95. The molecule has 0 radical (unpaired) electrons. The van der Waals surface area contributed by atoms with Gasteiger partial charge in [0.1, 0.15) is 6.26 Å². The number of carbonyl (C=O) groups excluding carboxylic acids is 2. The van der Waals surface area contributed by atoms with Gasteiger partial charge in [-0.05, 0) is 43.0 Å². The summed E-state index contributed by atoms with van der Waals surface area (Å²) in [4.78, 5) is 28.2. The summed E-state index contributed by atoms with van der Waals surface area (Å²) in [5.74, 6) is -0.227. The Hall–Kier alpha value is -2.76. The van der Waals surface area contributed by atoms with E-state index >= 15 is 0 Å². The zero-order valence-electron chi connectivity index (χ0n) is 15.8. The molecule has 27 heavy (non-hydrogen) atoms. The second-order valence-corrected chi connectivity index (χ2v) is 6.98. The third-order valence-corrected chi connectivity index (χ3v) is 4.91. The van der Waals surface area contributed by atoms with Crippen molar-refractivity contribution in [2.45, 2.75) is 32.2 Å². The van der Waals surface area contributed by atoms with Crippen molar-refractivity contribution < 1.29 is 14.0 Å². The average Bonchev–Trinajstić information content (AvgIpc) is 3.24. The van der Waals surface area contributed by atoms with Crippen molar-refractivity contribution in [2.24, 2.45) is 0 Å². The van der Waals surface area contributed by atoms with Crippen molar-refractivity contribution in [3.63, 3.8) is 0 Å². The maximum absolute atomic E-state index is 12.3. The first kappa shape index (κ1) is 19.0. The summed E-state index contributed by atoms with van der Waals surface area (Å²) in [7, 11) is 1.79. The van der Waals surface area contributed by atoms with E-state index in [1.807, 2.05) is 0 Å². The van der Waals surface area contributed by atoms with Crippen LogP contribution < -0.4 is 10.2 Å². The van der Waals surface area contributed by atoms with Crippen LogP contribution in [0.25, 0.3) is 0 Å². The van der Waals surface area contributed by atoms with Crippen LogP contribution in [0.3, 0.4) is 0 Å². The number of nitrogens with zero attached hydrogens (tertiary/aromatic N) is 2. The monoisotopic (exact) mass is 369 g/mol. The molecule has 6 nitrogen and oxygen atoms in total. The van der Waals surface area contributed by atoms with Gasteiger partial charge >= 0.3 is 0 Å². The topological polar surface area (TPSA) is 65.8 Å². The predicted molar refractivity (Wildman–Crippen MR) is 105 cm³/mol. The highest BCUT2D eigenvalue weighted by Crippen LogP contribution is 2.20. The quantitative estimate of drug-likeness (QED) is 0.815. The third kappa shape index (κ3) is 5.36. The number of hydrogen-bond donors (Lipinski definition) is 1. The standard InChI is InChI=1S/C21H27N3O3/c1-23(20(25)9-11-22-21(26)18-10-14-27-16-18)15-17-5-7-19(8-6-17)24-12-3-2-4-13-24/h5-8,10,14,16H,2-4,9,11-13,15H2,1H3,(H,22,26). The molecule has 1 aliphatic heterocycles. The molecular weight excluding hydrogens is 342 g/mol. The van der Waals surface area contributed by atoms with Crippen LogP contribution in [0.2, 0.25) is 0 Å². The lowest BCUT2D eigenvalue weighted by molar-refractivity contribution is -0.130. The first-order chi connectivity index (χ1) is 13.1. The summed E-state index contributed by atoms with van der Waals surface area (Å²) in [6.45, 7) is 3.13. The number of piperidine rings is 1. The molecule has 0 atom stereocenters. The van der Waals surface area contributed by atoms with E-state index in [9.17, 15) is 9.59 Å². The van der Waals surface area contributed by atoms with Gasteiger partial charge in [0.05, 0.1) is 11.8 Å². The van der Waals surface area contributed by atoms with E-state index < -0.39 is 0 Å². The van der Waals surface area contributed by atoms with Crippen molar-refractivity contribution in [1.29, 1.82) is 0 Å². The molecule has 1 aliphatic rings. The predicted octanol–water partition coefficient (Wildman–Crippen LogP) is 3.05. The number of carbonyl (C=O) groups is 2. The van der Waals surface area contributed by atoms with Crippen molar-refractivity contribution in [3.05, 3.63) is 54.0 Å². The third-order valence-electron chi connectivity index (χ3n) is 4.91. The Bertz CT molecular complexity index is 735. The summed E-state index contributed by atoms with van der Waals surface area (Å²) >= 11 is 0. The first-order valence-electron chi connectivity index (χ1n) is 9.52. The van der Waals surface area contributed by atoms with Gasteiger partial charge in [-0.2, -0.15) is 0 Å². The van der Waals surface area contributed by atoms with E-state index in [0.717, 1.165) is 18.7 Å². The lowest BCUT2D eigenvalue weighted by Gasteiger charge is -2.29. The van der Waals surface area contributed by atoms with Gasteiger partial charge in [0, 0.05) is 45.3 Å². The van der Waals surface area contributed by atoms with Crippen LogP contribution in [0.5, 0.6) is 0 Å². The van der Waals surface area contributed by atoms with Gasteiger partial charge in [-0.3, -0.25) is 9.59 Å². The Kier molecular flexibility index (Phi) is 6.52. The zero-order valence-corrected chi connectivity index (χ0v) is 15.8. The molecule has 1 fully saturated rings. The molecule has 0 aliphatic carbocycles. The van der Waals surface area contributed by atoms with Crippen LogP contribution in [-0.4, -0.2) is 43.4 Å². The smallest absolute Gasteiger partial charge is 0.254 e. The first-order valence-corrected chi connectivity index (χ1v) is 9.52. The van der Waals surface area contributed by atoms with Crippen LogP contribution in [0.15, 0.2) is 47.3 Å². The highest BCUT2D eigenvalue weighted by atomic mass is 16.3. The number of nitrogens with one attached hydrogen (secondary N) is 1. The van der Waals surface area contributed by atoms with E-state index in [-0.39, 0.29) is 18.2 Å². The molecule has 1 aromatic carbocycles. The van der Waals surface area contributed by atoms with Crippen LogP contribution in [0.4, 0.5) is 5.69 Å². The molecule has 2 heterocycles. The van der Waals surface area contributed by atoms with Gasteiger partial charge in [0.25, 0.3) is 5.91 Å². The van der Waals surface area contributed by atoms with E-state index in [0.29, 0.717) is 18.7 Å². The Labute approximate surface area is 160 Å². The molecule has 1 aromatic heterocycles. The summed E-state index contributed by atoms with van der Waals surface area (Å²) in [5, 5.41) is 2.73. The second kappa shape index (κ2) is 9.26. The number of rotatable bonds is 7. The molecule has 2 amide bonds. The Morgan fingerprint density at radius 1 is 1.11 bits per heavy atom. The highest BCUT2D eigenvalue weighted by molar-refractivity contribution is 5.94. The van der Waals surface area contributed by atoms with E-state index in [1.54, 1.807) is 18.0 Å². The highest BCUT2D eigenvalue weighted by Gasteiger charge is 2.13. The van der Waals surface area contributed by atoms with Crippen LogP contribution >= 0.6 is 0 Å². The molecule has 144 valence electrons. The fourth-order valence-corrected chi connectivity index (χ4v) is 3.30. The number of furan rings is 1. The van der Waals surface area contributed by atoms with E-state index in [4.69, 9.17) is 4.42 Å². The van der Waals surface area contributed by atoms with Gasteiger partial charge in [-0.25, -0.2) is 0 Å². The van der Waals surface area contributed by atoms with Crippen LogP contribution in [0, 0.1) is 0 Å². The van der Waals surface area contributed by atoms with Gasteiger partial charge < -0.3 is 19.5 Å². The molecule has 6 heteroatoms. The Morgan fingerprint density at radius 2 is 1.85 bits per heavy atom. The van der Waals surface area contributed by atoms with Crippen molar-refractivity contribution in [2.75, 3.05) is 31.6 Å². The minimum atomic E-state index is -0.229. The minimum absolute atomic E-state index is 0.00241. The Balaban J connectivity index is 1.42. The van der Waals surface area contributed by atoms with Gasteiger partial charge in [-0.15, -0.1) is 0 Å². The molecule has 2 aromatic rings. The number of amides is 2. The van der Waals surface area contributed by atoms with Gasteiger partial charge in [0.15, 0.2) is 0 Å². The minimum Gasteiger partial charge on any atom is -0.472 e. The maximum atomic E-state index is 12.3. The fraction of sp³-hybridized carbons (Fsp3) is 0.429. The second-order valence-electron chi connectivity index (χ2n) is 6.98. The zero-order chi connectivity index (χ0) is 19.1. The van der Waals surface area contributed by atoms with Crippen molar-refractivity contribution >= 4 is 17.5 Å². The molecule has 0 bridgehead atoms. The molecule has 3 rings (SSSR count). The lowest BCUT2D eigenvalue weighted by atomic mass is 10.1. The van der Waals surface area contributed by atoms with E-state index in [2.05, 4.69) is 34.5 Å². The SMILES string of the molecule is CN(Cc1ccc(N2CCCCC2)cc1)C(=O)CCNC(=O)c1ccoc1. The maximum Gasteiger partial charge on any atom is 0.254 e. The number of hydrogen-bond acceptors (Lipinski definition) is 4. The van der Waals surface area contributed by atoms with E-state index in [1.165, 1.54) is 37.5 Å². The van der Waals surface area contributed by atoms with Gasteiger partial charge in [-0.1, -0.05) is 12.1 Å². The van der Waals surface area contributed by atoms with Gasteiger partial charge in [0.2, 0.25) is 5.91 Å². The summed E-state index contributed by atoms with van der Waals surface area (Å²) < 4.78 is 4.88. The van der Waals surface area contributed by atoms with Crippen molar-refractivity contribution in [3.8, 4) is 0 Å². The summed E-state index contributed by atoms with van der Waals surface area (Å²) in [6, 6.07) is 10.1. The number of benzene rings is 1. The molecule has 0 unspecified atom stereocenters.